The predicted octanol–water partition coefficient (Wildman–Crippen LogP) is 2.69. The van der Waals surface area contributed by atoms with Crippen LogP contribution in [0.1, 0.15) is 29.5 Å². The molecular formula is C24H32N4O2. The average molecular weight is 409 g/mol. The highest BCUT2D eigenvalue weighted by atomic mass is 16.5. The third-order valence-corrected chi connectivity index (χ3v) is 5.14. The first-order valence-corrected chi connectivity index (χ1v) is 10.7. The van der Waals surface area contributed by atoms with Gasteiger partial charge in [-0.25, -0.2) is 4.99 Å². The second-order valence-electron chi connectivity index (χ2n) is 7.47. The summed E-state index contributed by atoms with van der Waals surface area (Å²) in [6, 6.07) is 18.3. The number of ether oxygens (including phenoxy) is 1. The van der Waals surface area contributed by atoms with Gasteiger partial charge < -0.3 is 20.3 Å². The number of morpholine rings is 1. The molecule has 1 aliphatic heterocycles. The van der Waals surface area contributed by atoms with Crippen molar-refractivity contribution in [2.75, 3.05) is 39.4 Å². The lowest BCUT2D eigenvalue weighted by molar-refractivity contribution is -0.136. The van der Waals surface area contributed by atoms with Crippen molar-refractivity contribution in [2.24, 2.45) is 4.99 Å². The zero-order valence-electron chi connectivity index (χ0n) is 17.9. The molecule has 1 atom stereocenters. The lowest BCUT2D eigenvalue weighted by Crippen LogP contribution is -2.47. The van der Waals surface area contributed by atoms with Gasteiger partial charge in [-0.2, -0.15) is 0 Å². The Balaban J connectivity index is 1.71. The molecule has 0 aliphatic carbocycles. The van der Waals surface area contributed by atoms with Crippen molar-refractivity contribution in [2.45, 2.75) is 26.3 Å². The molecule has 0 radical (unpaired) electrons. The molecule has 160 valence electrons. The summed E-state index contributed by atoms with van der Waals surface area (Å²) < 4.78 is 5.41. The molecule has 0 saturated carbocycles. The van der Waals surface area contributed by atoms with E-state index in [9.17, 15) is 4.79 Å². The number of hydrogen-bond donors (Lipinski definition) is 2. The van der Waals surface area contributed by atoms with Crippen LogP contribution in [0.5, 0.6) is 0 Å². The van der Waals surface area contributed by atoms with Crippen LogP contribution in [0.3, 0.4) is 0 Å². The van der Waals surface area contributed by atoms with Crippen molar-refractivity contribution in [1.82, 2.24) is 15.5 Å². The highest BCUT2D eigenvalue weighted by Gasteiger charge is 2.27. The summed E-state index contributed by atoms with van der Waals surface area (Å²) in [5.74, 6) is 0.577. The second-order valence-corrected chi connectivity index (χ2v) is 7.47. The number of aliphatic imine (C=N–C) groups is 1. The van der Waals surface area contributed by atoms with Crippen LogP contribution in [0.25, 0.3) is 0 Å². The average Bonchev–Trinajstić information content (AvgIpc) is 2.78. The first kappa shape index (κ1) is 21.8. The van der Waals surface area contributed by atoms with Crippen molar-refractivity contribution < 1.29 is 9.53 Å². The highest BCUT2D eigenvalue weighted by Crippen LogP contribution is 2.19. The van der Waals surface area contributed by atoms with Crippen LogP contribution in [0, 0.1) is 6.92 Å². The lowest BCUT2D eigenvalue weighted by atomic mass is 9.97. The van der Waals surface area contributed by atoms with Crippen LogP contribution in [-0.4, -0.2) is 56.2 Å². The third kappa shape index (κ3) is 6.32. The number of rotatable bonds is 7. The number of benzene rings is 2. The Morgan fingerprint density at radius 2 is 1.87 bits per heavy atom. The SMILES string of the molecule is CCNC(=NCc1cccc(C)c1)NCC(C(=O)N1CCOCC1)c1ccccc1. The summed E-state index contributed by atoms with van der Waals surface area (Å²) >= 11 is 0. The quantitative estimate of drug-likeness (QED) is 0.546. The van der Waals surface area contributed by atoms with Gasteiger partial charge in [-0.3, -0.25) is 4.79 Å². The molecule has 1 unspecified atom stereocenters. The maximum absolute atomic E-state index is 13.3. The number of nitrogens with zero attached hydrogens (tertiary/aromatic N) is 2. The van der Waals surface area contributed by atoms with Crippen LogP contribution in [-0.2, 0) is 16.1 Å². The van der Waals surface area contributed by atoms with E-state index in [4.69, 9.17) is 9.73 Å². The summed E-state index contributed by atoms with van der Waals surface area (Å²) in [7, 11) is 0. The van der Waals surface area contributed by atoms with E-state index in [0.717, 1.165) is 23.6 Å². The first-order chi connectivity index (χ1) is 14.7. The summed E-state index contributed by atoms with van der Waals surface area (Å²) in [5.41, 5.74) is 3.40. The van der Waals surface area contributed by atoms with Gasteiger partial charge in [0.2, 0.25) is 5.91 Å². The Hall–Kier alpha value is -2.86. The van der Waals surface area contributed by atoms with Crippen molar-refractivity contribution >= 4 is 11.9 Å². The van der Waals surface area contributed by atoms with Gasteiger partial charge in [0, 0.05) is 26.2 Å². The fraction of sp³-hybridized carbons (Fsp3) is 0.417. The number of nitrogens with one attached hydrogen (secondary N) is 2. The smallest absolute Gasteiger partial charge is 0.232 e. The van der Waals surface area contributed by atoms with E-state index in [1.54, 1.807) is 0 Å². The number of guanidine groups is 1. The van der Waals surface area contributed by atoms with E-state index in [-0.39, 0.29) is 11.8 Å². The minimum absolute atomic E-state index is 0.131. The van der Waals surface area contributed by atoms with E-state index < -0.39 is 0 Å². The number of carbonyl (C=O) groups excluding carboxylic acids is 1. The Morgan fingerprint density at radius 1 is 1.10 bits per heavy atom. The molecule has 1 saturated heterocycles. The molecular weight excluding hydrogens is 376 g/mol. The molecule has 1 heterocycles. The van der Waals surface area contributed by atoms with E-state index >= 15 is 0 Å². The Morgan fingerprint density at radius 3 is 2.57 bits per heavy atom. The third-order valence-electron chi connectivity index (χ3n) is 5.14. The van der Waals surface area contributed by atoms with Crippen LogP contribution >= 0.6 is 0 Å². The molecule has 1 fully saturated rings. The van der Waals surface area contributed by atoms with Crippen LogP contribution in [0.4, 0.5) is 0 Å². The van der Waals surface area contributed by atoms with Crippen molar-refractivity contribution in [3.05, 3.63) is 71.3 Å². The number of hydrogen-bond acceptors (Lipinski definition) is 3. The molecule has 6 nitrogen and oxygen atoms in total. The molecule has 6 heteroatoms. The van der Waals surface area contributed by atoms with Crippen LogP contribution in [0.15, 0.2) is 59.6 Å². The zero-order valence-corrected chi connectivity index (χ0v) is 17.9. The minimum Gasteiger partial charge on any atom is -0.378 e. The lowest BCUT2D eigenvalue weighted by Gasteiger charge is -2.31. The second kappa shape index (κ2) is 11.4. The van der Waals surface area contributed by atoms with E-state index in [1.165, 1.54) is 5.56 Å². The van der Waals surface area contributed by atoms with E-state index in [2.05, 4.69) is 35.8 Å². The monoisotopic (exact) mass is 408 g/mol. The molecule has 1 amide bonds. The van der Waals surface area contributed by atoms with Crippen LogP contribution in [0.2, 0.25) is 0 Å². The molecule has 2 aromatic carbocycles. The summed E-state index contributed by atoms with van der Waals surface area (Å²) in [5, 5.41) is 6.67. The topological polar surface area (TPSA) is 66.0 Å². The summed E-state index contributed by atoms with van der Waals surface area (Å²) in [4.78, 5) is 19.9. The Bertz CT molecular complexity index is 832. The predicted molar refractivity (Wildman–Crippen MR) is 121 cm³/mol. The molecule has 30 heavy (non-hydrogen) atoms. The fourth-order valence-corrected chi connectivity index (χ4v) is 3.56. The maximum Gasteiger partial charge on any atom is 0.232 e. The van der Waals surface area contributed by atoms with Crippen molar-refractivity contribution in [3.8, 4) is 0 Å². The first-order valence-electron chi connectivity index (χ1n) is 10.7. The van der Waals surface area contributed by atoms with Gasteiger partial charge in [0.05, 0.1) is 25.7 Å². The van der Waals surface area contributed by atoms with E-state index in [1.807, 2.05) is 48.2 Å². The normalized spacial score (nSPS) is 15.5. The number of aryl methyl sites for hydroxylation is 1. The van der Waals surface area contributed by atoms with Gasteiger partial charge in [0.15, 0.2) is 5.96 Å². The summed E-state index contributed by atoms with van der Waals surface area (Å²) in [6.45, 7) is 8.43. The van der Waals surface area contributed by atoms with Crippen molar-refractivity contribution in [3.63, 3.8) is 0 Å². The van der Waals surface area contributed by atoms with Crippen molar-refractivity contribution in [1.29, 1.82) is 0 Å². The van der Waals surface area contributed by atoms with E-state index in [0.29, 0.717) is 39.4 Å². The fourth-order valence-electron chi connectivity index (χ4n) is 3.56. The molecule has 2 N–H and O–H groups in total. The van der Waals surface area contributed by atoms with Gasteiger partial charge >= 0.3 is 0 Å². The van der Waals surface area contributed by atoms with Gasteiger partial charge in [0.1, 0.15) is 0 Å². The zero-order chi connectivity index (χ0) is 21.2. The standard InChI is InChI=1S/C24H32N4O2/c1-3-25-24(26-17-20-9-7-8-19(2)16-20)27-18-22(21-10-5-4-6-11-21)23(29)28-12-14-30-15-13-28/h4-11,16,22H,3,12-15,17-18H2,1-2H3,(H2,25,26,27). The molecule has 0 spiro atoms. The molecule has 1 aliphatic rings. The molecule has 2 aromatic rings. The molecule has 0 bridgehead atoms. The van der Waals surface area contributed by atoms with Gasteiger partial charge in [-0.1, -0.05) is 60.2 Å². The Kier molecular flexibility index (Phi) is 8.27. The molecule has 0 aromatic heterocycles. The van der Waals surface area contributed by atoms with Crippen LogP contribution < -0.4 is 10.6 Å². The Labute approximate surface area is 179 Å². The maximum atomic E-state index is 13.3. The highest BCUT2D eigenvalue weighted by molar-refractivity contribution is 5.86. The largest absolute Gasteiger partial charge is 0.378 e. The number of amides is 1. The minimum atomic E-state index is -0.271. The van der Waals surface area contributed by atoms with Gasteiger partial charge in [0.25, 0.3) is 0 Å². The van der Waals surface area contributed by atoms with Gasteiger partial charge in [-0.15, -0.1) is 0 Å². The number of carbonyl (C=O) groups is 1. The summed E-state index contributed by atoms with van der Waals surface area (Å²) in [6.07, 6.45) is 0. The van der Waals surface area contributed by atoms with Gasteiger partial charge in [-0.05, 0) is 25.0 Å². The molecule has 3 rings (SSSR count).